The van der Waals surface area contributed by atoms with Crippen LogP contribution in [0.2, 0.25) is 0 Å². The number of amides is 2. The molecule has 3 aromatic rings. The number of carbonyl (C=O) groups is 3. The van der Waals surface area contributed by atoms with Gasteiger partial charge in [-0.25, -0.2) is 14.4 Å². The summed E-state index contributed by atoms with van der Waals surface area (Å²) in [4.78, 5) is 39.4. The number of hydrogen-bond acceptors (Lipinski definition) is 6. The Morgan fingerprint density at radius 2 is 1.67 bits per heavy atom. The lowest BCUT2D eigenvalue weighted by Crippen LogP contribution is -2.48. The molecule has 1 fully saturated rings. The summed E-state index contributed by atoms with van der Waals surface area (Å²) >= 11 is 0. The highest BCUT2D eigenvalue weighted by molar-refractivity contribution is 5.88. The summed E-state index contributed by atoms with van der Waals surface area (Å²) in [5.74, 6) is -0.785. The third-order valence-corrected chi connectivity index (χ3v) is 8.14. The van der Waals surface area contributed by atoms with Gasteiger partial charge in [-0.1, -0.05) is 54.6 Å². The van der Waals surface area contributed by atoms with E-state index in [0.29, 0.717) is 30.7 Å². The molecule has 1 aliphatic carbocycles. The molecule has 2 atom stereocenters. The highest BCUT2D eigenvalue weighted by Crippen LogP contribution is 2.46. The van der Waals surface area contributed by atoms with Crippen molar-refractivity contribution in [3.63, 3.8) is 0 Å². The van der Waals surface area contributed by atoms with Gasteiger partial charge in [0.1, 0.15) is 23.6 Å². The summed E-state index contributed by atoms with van der Waals surface area (Å²) in [5, 5.41) is 12.6. The van der Waals surface area contributed by atoms with E-state index in [1.54, 1.807) is 11.0 Å². The maximum atomic E-state index is 13.3. The molecule has 0 radical (unpaired) electrons. The zero-order chi connectivity index (χ0) is 29.6. The molecule has 2 N–H and O–H groups in total. The van der Waals surface area contributed by atoms with Gasteiger partial charge in [-0.05, 0) is 55.2 Å². The van der Waals surface area contributed by atoms with Gasteiger partial charge in [0, 0.05) is 30.9 Å². The number of ether oxygens (including phenoxy) is 3. The fourth-order valence-corrected chi connectivity index (χ4v) is 6.29. The van der Waals surface area contributed by atoms with E-state index in [1.165, 1.54) is 12.1 Å². The molecule has 2 amide bonds. The smallest absolute Gasteiger partial charge is 0.410 e. The molecular formula is C33H34N2O7. The molecule has 42 heavy (non-hydrogen) atoms. The van der Waals surface area contributed by atoms with Crippen molar-refractivity contribution >= 4 is 18.2 Å². The Bertz CT molecular complexity index is 1520. The molecule has 1 spiro atoms. The number of benzene rings is 3. The molecule has 2 unspecified atom stereocenters. The van der Waals surface area contributed by atoms with Gasteiger partial charge in [-0.3, -0.25) is 0 Å². The first-order valence-corrected chi connectivity index (χ1v) is 14.2. The van der Waals surface area contributed by atoms with Gasteiger partial charge in [-0.15, -0.1) is 0 Å². The minimum Gasteiger partial charge on any atom is -0.485 e. The quantitative estimate of drug-likeness (QED) is 0.388. The van der Waals surface area contributed by atoms with Crippen molar-refractivity contribution < 1.29 is 33.7 Å². The van der Waals surface area contributed by atoms with Crippen molar-refractivity contribution in [3.8, 4) is 16.9 Å². The average Bonchev–Trinajstić information content (AvgIpc) is 3.49. The molecule has 2 aliphatic heterocycles. The lowest BCUT2D eigenvalue weighted by Gasteiger charge is -2.40. The highest BCUT2D eigenvalue weighted by atomic mass is 16.6. The molecule has 1 saturated heterocycles. The van der Waals surface area contributed by atoms with Crippen molar-refractivity contribution in [2.24, 2.45) is 0 Å². The standard InChI is InChI=1S/C33H34N2O7/c1-32(2,3)42-31(39)35-15-14-33(19-35)17-27(25-13-12-20(29(36)37)16-28(25)41-33)34-30(38)40-18-26-23-10-6-4-8-21(23)22-9-5-7-11-24(22)26/h4-13,16,26-27H,14-15,17-19H2,1-3H3,(H,34,38)(H,36,37). The predicted octanol–water partition coefficient (Wildman–Crippen LogP) is 6.13. The van der Waals surface area contributed by atoms with E-state index in [0.717, 1.165) is 22.3 Å². The average molecular weight is 571 g/mol. The van der Waals surface area contributed by atoms with Crippen molar-refractivity contribution in [3.05, 3.63) is 89.0 Å². The van der Waals surface area contributed by atoms with Crippen LogP contribution in [0.15, 0.2) is 66.7 Å². The number of carboxylic acid groups (broad SMARTS) is 1. The van der Waals surface area contributed by atoms with Crippen molar-refractivity contribution in [1.82, 2.24) is 10.2 Å². The second kappa shape index (κ2) is 10.4. The first-order valence-electron chi connectivity index (χ1n) is 14.2. The first kappa shape index (κ1) is 27.6. The van der Waals surface area contributed by atoms with E-state index in [2.05, 4.69) is 29.6 Å². The number of alkyl carbamates (subject to hydrolysis) is 1. The maximum Gasteiger partial charge on any atom is 0.410 e. The summed E-state index contributed by atoms with van der Waals surface area (Å²) in [6, 6.07) is 20.4. The summed E-state index contributed by atoms with van der Waals surface area (Å²) in [6.07, 6.45) is -0.120. The topological polar surface area (TPSA) is 114 Å². The third-order valence-electron chi connectivity index (χ3n) is 8.14. The Hall–Kier alpha value is -4.53. The fourth-order valence-electron chi connectivity index (χ4n) is 6.29. The van der Waals surface area contributed by atoms with Gasteiger partial charge >= 0.3 is 18.2 Å². The van der Waals surface area contributed by atoms with Crippen LogP contribution in [0.25, 0.3) is 11.1 Å². The van der Waals surface area contributed by atoms with Gasteiger partial charge in [0.15, 0.2) is 0 Å². The molecule has 3 aliphatic rings. The van der Waals surface area contributed by atoms with E-state index >= 15 is 0 Å². The van der Waals surface area contributed by atoms with Crippen LogP contribution in [-0.4, -0.2) is 59.1 Å². The van der Waals surface area contributed by atoms with Gasteiger partial charge in [0.2, 0.25) is 0 Å². The molecule has 6 rings (SSSR count). The minimum absolute atomic E-state index is 0.0766. The van der Waals surface area contributed by atoms with Gasteiger partial charge in [-0.2, -0.15) is 0 Å². The molecule has 9 heteroatoms. The van der Waals surface area contributed by atoms with E-state index in [9.17, 15) is 19.5 Å². The normalized spacial score (nSPS) is 20.7. The predicted molar refractivity (Wildman–Crippen MR) is 155 cm³/mol. The maximum absolute atomic E-state index is 13.3. The van der Waals surface area contributed by atoms with Crippen LogP contribution in [-0.2, 0) is 9.47 Å². The van der Waals surface area contributed by atoms with Crippen LogP contribution < -0.4 is 10.1 Å². The molecule has 3 aromatic carbocycles. The lowest BCUT2D eigenvalue weighted by atomic mass is 9.86. The van der Waals surface area contributed by atoms with Gasteiger partial charge < -0.3 is 29.5 Å². The van der Waals surface area contributed by atoms with E-state index < -0.39 is 35.4 Å². The molecule has 0 aromatic heterocycles. The van der Waals surface area contributed by atoms with E-state index in [-0.39, 0.29) is 24.6 Å². The van der Waals surface area contributed by atoms with Crippen molar-refractivity contribution in [2.75, 3.05) is 19.7 Å². The minimum atomic E-state index is -1.08. The van der Waals surface area contributed by atoms with Crippen molar-refractivity contribution in [1.29, 1.82) is 0 Å². The molecule has 0 saturated carbocycles. The summed E-state index contributed by atoms with van der Waals surface area (Å²) in [6.45, 7) is 6.27. The fraction of sp³-hybridized carbons (Fsp3) is 0.364. The molecule has 9 nitrogen and oxygen atoms in total. The molecule has 218 valence electrons. The Morgan fingerprint density at radius 1 is 1.00 bits per heavy atom. The number of fused-ring (bicyclic) bond motifs is 4. The van der Waals surface area contributed by atoms with Gasteiger partial charge in [0.25, 0.3) is 0 Å². The largest absolute Gasteiger partial charge is 0.485 e. The van der Waals surface area contributed by atoms with Crippen LogP contribution in [0.5, 0.6) is 5.75 Å². The van der Waals surface area contributed by atoms with E-state index in [4.69, 9.17) is 14.2 Å². The van der Waals surface area contributed by atoms with E-state index in [1.807, 2.05) is 45.0 Å². The van der Waals surface area contributed by atoms with Gasteiger partial charge in [0.05, 0.1) is 18.2 Å². The summed E-state index contributed by atoms with van der Waals surface area (Å²) < 4.78 is 17.8. The zero-order valence-corrected chi connectivity index (χ0v) is 23.9. The van der Waals surface area contributed by atoms with Crippen LogP contribution in [0, 0.1) is 0 Å². The highest BCUT2D eigenvalue weighted by Gasteiger charge is 2.48. The molecule has 2 heterocycles. The Labute approximate surface area is 244 Å². The Morgan fingerprint density at radius 3 is 2.31 bits per heavy atom. The number of nitrogens with zero attached hydrogens (tertiary/aromatic N) is 1. The van der Waals surface area contributed by atoms with Crippen molar-refractivity contribution in [2.45, 2.75) is 56.8 Å². The van der Waals surface area contributed by atoms with Crippen LogP contribution >= 0.6 is 0 Å². The third kappa shape index (κ3) is 5.26. The zero-order valence-electron chi connectivity index (χ0n) is 23.9. The number of nitrogens with one attached hydrogen (secondary N) is 1. The number of likely N-dealkylation sites (tertiary alicyclic amines) is 1. The molecule has 0 bridgehead atoms. The summed E-state index contributed by atoms with van der Waals surface area (Å²) in [7, 11) is 0. The second-order valence-electron chi connectivity index (χ2n) is 12.2. The second-order valence-corrected chi connectivity index (χ2v) is 12.2. The Balaban J connectivity index is 1.20. The molecular weight excluding hydrogens is 536 g/mol. The number of carboxylic acids is 1. The number of carbonyl (C=O) groups excluding carboxylic acids is 2. The lowest BCUT2D eigenvalue weighted by molar-refractivity contribution is 0.0124. The SMILES string of the molecule is CC(C)(C)OC(=O)N1CCC2(CC(NC(=O)OCC3c4ccccc4-c4ccccc43)c3ccc(C(=O)O)cc3O2)C1. The number of rotatable bonds is 4. The van der Waals surface area contributed by atoms with Crippen LogP contribution in [0.4, 0.5) is 9.59 Å². The summed E-state index contributed by atoms with van der Waals surface area (Å²) in [5.41, 5.74) is 3.81. The first-order chi connectivity index (χ1) is 20.0. The number of hydrogen-bond donors (Lipinski definition) is 2. The van der Waals surface area contributed by atoms with Crippen LogP contribution in [0.3, 0.4) is 0 Å². The number of aromatic carboxylic acids is 1. The Kier molecular flexibility index (Phi) is 6.83. The van der Waals surface area contributed by atoms with Crippen LogP contribution in [0.1, 0.15) is 72.6 Å². The monoisotopic (exact) mass is 570 g/mol.